The Morgan fingerprint density at radius 1 is 1.35 bits per heavy atom. The minimum atomic E-state index is -0.538. The van der Waals surface area contributed by atoms with Gasteiger partial charge in [-0.2, -0.15) is 4.68 Å². The first kappa shape index (κ1) is 12.8. The maximum Gasteiger partial charge on any atom is 0.437 e. The zero-order valence-electron chi connectivity index (χ0n) is 10.8. The first-order chi connectivity index (χ1) is 9.76. The molecular formula is C12H12N4O3S. The fourth-order valence-corrected chi connectivity index (χ4v) is 2.63. The minimum Gasteiger partial charge on any atom is -0.459 e. The Labute approximate surface area is 117 Å². The van der Waals surface area contributed by atoms with Crippen molar-refractivity contribution in [1.29, 1.82) is 0 Å². The third-order valence-electron chi connectivity index (χ3n) is 2.60. The van der Waals surface area contributed by atoms with E-state index in [1.807, 2.05) is 0 Å². The smallest absolute Gasteiger partial charge is 0.437 e. The Balaban J connectivity index is 1.82. The van der Waals surface area contributed by atoms with Gasteiger partial charge in [0.1, 0.15) is 16.6 Å². The van der Waals surface area contributed by atoms with Gasteiger partial charge in [0.25, 0.3) is 5.89 Å². The van der Waals surface area contributed by atoms with Crippen molar-refractivity contribution in [2.75, 3.05) is 0 Å². The van der Waals surface area contributed by atoms with Gasteiger partial charge < -0.3 is 8.83 Å². The lowest BCUT2D eigenvalue weighted by Gasteiger charge is -1.91. The van der Waals surface area contributed by atoms with Crippen LogP contribution >= 0.6 is 11.3 Å². The molecular weight excluding hydrogens is 280 g/mol. The molecule has 3 rings (SSSR count). The number of nitrogens with zero attached hydrogens (tertiary/aromatic N) is 4. The van der Waals surface area contributed by atoms with Crippen molar-refractivity contribution in [2.24, 2.45) is 0 Å². The monoisotopic (exact) mass is 292 g/mol. The van der Waals surface area contributed by atoms with Crippen LogP contribution in [0, 0.1) is 0 Å². The molecule has 0 unspecified atom stereocenters. The van der Waals surface area contributed by atoms with Gasteiger partial charge in [-0.15, -0.1) is 15.3 Å². The molecule has 3 aromatic rings. The van der Waals surface area contributed by atoms with Crippen molar-refractivity contribution in [3.05, 3.63) is 39.0 Å². The third-order valence-corrected chi connectivity index (χ3v) is 3.56. The van der Waals surface area contributed by atoms with Gasteiger partial charge in [0.2, 0.25) is 0 Å². The molecule has 0 N–H and O–H groups in total. The maximum atomic E-state index is 11.7. The molecule has 0 aliphatic heterocycles. The second kappa shape index (κ2) is 5.41. The number of hydrogen-bond donors (Lipinski definition) is 0. The quantitative estimate of drug-likeness (QED) is 0.714. The molecule has 0 saturated carbocycles. The van der Waals surface area contributed by atoms with Crippen molar-refractivity contribution in [1.82, 2.24) is 20.0 Å². The largest absolute Gasteiger partial charge is 0.459 e. The number of aryl methyl sites for hydroxylation is 1. The van der Waals surface area contributed by atoms with E-state index in [2.05, 4.69) is 22.2 Å². The van der Waals surface area contributed by atoms with Crippen molar-refractivity contribution in [3.63, 3.8) is 0 Å². The van der Waals surface area contributed by atoms with E-state index in [4.69, 9.17) is 8.83 Å². The van der Waals surface area contributed by atoms with Crippen LogP contribution < -0.4 is 5.76 Å². The van der Waals surface area contributed by atoms with Gasteiger partial charge in [-0.1, -0.05) is 18.3 Å². The Morgan fingerprint density at radius 3 is 2.95 bits per heavy atom. The predicted octanol–water partition coefficient (Wildman–Crippen LogP) is 1.95. The molecule has 3 aromatic heterocycles. The van der Waals surface area contributed by atoms with E-state index in [9.17, 15) is 4.79 Å². The second-order valence-corrected chi connectivity index (χ2v) is 5.29. The summed E-state index contributed by atoms with van der Waals surface area (Å²) in [5.41, 5.74) is 0. The predicted molar refractivity (Wildman–Crippen MR) is 71.5 cm³/mol. The molecule has 20 heavy (non-hydrogen) atoms. The average molecular weight is 292 g/mol. The van der Waals surface area contributed by atoms with Crippen molar-refractivity contribution < 1.29 is 8.83 Å². The molecule has 0 aliphatic rings. The number of rotatable bonds is 5. The van der Waals surface area contributed by atoms with Gasteiger partial charge in [0.15, 0.2) is 5.76 Å². The van der Waals surface area contributed by atoms with E-state index in [0.717, 1.165) is 22.9 Å². The molecule has 0 bridgehead atoms. The van der Waals surface area contributed by atoms with Crippen molar-refractivity contribution >= 4 is 11.3 Å². The standard InChI is InChI=1S/C12H12N4O3S/c1-2-4-9-13-14-10(20-9)7-16-12(17)19-11(15-16)8-5-3-6-18-8/h3,5-6H,2,4,7H2,1H3. The van der Waals surface area contributed by atoms with E-state index >= 15 is 0 Å². The van der Waals surface area contributed by atoms with Crippen molar-refractivity contribution in [2.45, 2.75) is 26.3 Å². The molecule has 0 aromatic carbocycles. The van der Waals surface area contributed by atoms with Gasteiger partial charge in [-0.05, 0) is 18.6 Å². The van der Waals surface area contributed by atoms with Crippen LogP contribution in [0.4, 0.5) is 0 Å². The lowest BCUT2D eigenvalue weighted by molar-refractivity contribution is 0.476. The first-order valence-electron chi connectivity index (χ1n) is 6.19. The van der Waals surface area contributed by atoms with Gasteiger partial charge >= 0.3 is 5.76 Å². The summed E-state index contributed by atoms with van der Waals surface area (Å²) >= 11 is 1.48. The third kappa shape index (κ3) is 2.55. The summed E-state index contributed by atoms with van der Waals surface area (Å²) in [6.45, 7) is 2.34. The average Bonchev–Trinajstić information content (AvgIpc) is 3.13. The number of aromatic nitrogens is 4. The summed E-state index contributed by atoms with van der Waals surface area (Å²) in [6.07, 6.45) is 3.40. The molecule has 7 nitrogen and oxygen atoms in total. The van der Waals surface area contributed by atoms with Crippen LogP contribution in [0.5, 0.6) is 0 Å². The molecule has 3 heterocycles. The molecule has 0 spiro atoms. The lowest BCUT2D eigenvalue weighted by atomic mass is 10.4. The second-order valence-electron chi connectivity index (χ2n) is 4.15. The van der Waals surface area contributed by atoms with Gasteiger partial charge in [-0.3, -0.25) is 0 Å². The summed E-state index contributed by atoms with van der Waals surface area (Å²) in [6, 6.07) is 3.38. The molecule has 0 fully saturated rings. The van der Waals surface area contributed by atoms with Gasteiger partial charge in [-0.25, -0.2) is 4.79 Å². The molecule has 104 valence electrons. The zero-order chi connectivity index (χ0) is 13.9. The fourth-order valence-electron chi connectivity index (χ4n) is 1.70. The van der Waals surface area contributed by atoms with E-state index in [-0.39, 0.29) is 12.4 Å². The van der Waals surface area contributed by atoms with Crippen LogP contribution in [-0.2, 0) is 13.0 Å². The molecule has 0 aliphatic carbocycles. The SMILES string of the molecule is CCCc1nnc(Cn2nc(-c3ccco3)oc2=O)s1. The van der Waals surface area contributed by atoms with Crippen LogP contribution in [0.25, 0.3) is 11.7 Å². The summed E-state index contributed by atoms with van der Waals surface area (Å²) in [4.78, 5) is 11.7. The minimum absolute atomic E-state index is 0.165. The maximum absolute atomic E-state index is 11.7. The Bertz CT molecular complexity index is 741. The normalized spacial score (nSPS) is 11.1. The highest BCUT2D eigenvalue weighted by atomic mass is 32.1. The summed E-state index contributed by atoms with van der Waals surface area (Å²) in [5, 5.41) is 13.9. The van der Waals surface area contributed by atoms with Gasteiger partial charge in [0, 0.05) is 6.42 Å². The van der Waals surface area contributed by atoms with Crippen LogP contribution in [0.15, 0.2) is 32.0 Å². The van der Waals surface area contributed by atoms with E-state index in [0.29, 0.717) is 5.76 Å². The summed E-state index contributed by atoms with van der Waals surface area (Å²) in [5.74, 6) is 0.0479. The van der Waals surface area contributed by atoms with Crippen LogP contribution in [-0.4, -0.2) is 20.0 Å². The lowest BCUT2D eigenvalue weighted by Crippen LogP contribution is -2.16. The molecule has 0 radical (unpaired) electrons. The van der Waals surface area contributed by atoms with Crippen LogP contribution in [0.3, 0.4) is 0 Å². The Morgan fingerprint density at radius 2 is 2.20 bits per heavy atom. The summed E-state index contributed by atoms with van der Waals surface area (Å²) < 4.78 is 11.4. The highest BCUT2D eigenvalue weighted by molar-refractivity contribution is 7.11. The number of hydrogen-bond acceptors (Lipinski definition) is 7. The number of furan rings is 1. The van der Waals surface area contributed by atoms with E-state index in [1.54, 1.807) is 12.1 Å². The van der Waals surface area contributed by atoms with Gasteiger partial charge in [0.05, 0.1) is 6.26 Å². The molecule has 0 amide bonds. The highest BCUT2D eigenvalue weighted by Gasteiger charge is 2.14. The van der Waals surface area contributed by atoms with Crippen LogP contribution in [0.2, 0.25) is 0 Å². The highest BCUT2D eigenvalue weighted by Crippen LogP contribution is 2.16. The molecule has 8 heteroatoms. The van der Waals surface area contributed by atoms with E-state index in [1.165, 1.54) is 22.3 Å². The molecule has 0 atom stereocenters. The Hall–Kier alpha value is -2.22. The first-order valence-corrected chi connectivity index (χ1v) is 7.01. The summed E-state index contributed by atoms with van der Waals surface area (Å²) in [7, 11) is 0. The molecule has 0 saturated heterocycles. The van der Waals surface area contributed by atoms with Crippen LogP contribution in [0.1, 0.15) is 23.4 Å². The topological polar surface area (TPSA) is 86.9 Å². The zero-order valence-corrected chi connectivity index (χ0v) is 11.6. The van der Waals surface area contributed by atoms with Crippen molar-refractivity contribution in [3.8, 4) is 11.7 Å². The van der Waals surface area contributed by atoms with E-state index < -0.39 is 5.76 Å². The fraction of sp³-hybridized carbons (Fsp3) is 0.333. The Kier molecular flexibility index (Phi) is 3.46.